The molecule has 1 fully saturated rings. The molecular formula is C17H22ClN3O. The number of carbonyl (C=O) groups excluding carboxylic acids is 1. The largest absolute Gasteiger partial charge is 0.325 e. The highest BCUT2D eigenvalue weighted by molar-refractivity contribution is 6.34. The third-order valence-corrected chi connectivity index (χ3v) is 4.34. The minimum absolute atomic E-state index is 0.0343. The van der Waals surface area contributed by atoms with E-state index in [4.69, 9.17) is 16.9 Å². The molecule has 4 nitrogen and oxygen atoms in total. The second-order valence-electron chi connectivity index (χ2n) is 6.01. The Balaban J connectivity index is 1.87. The van der Waals surface area contributed by atoms with Gasteiger partial charge in [-0.15, -0.1) is 0 Å². The fraction of sp³-hybridized carbons (Fsp3) is 0.529. The smallest absolute Gasteiger partial charge is 0.225 e. The van der Waals surface area contributed by atoms with E-state index in [1.165, 1.54) is 0 Å². The maximum Gasteiger partial charge on any atom is 0.225 e. The molecule has 1 aromatic carbocycles. The first-order valence-corrected chi connectivity index (χ1v) is 8.06. The number of amides is 1. The van der Waals surface area contributed by atoms with Crippen molar-refractivity contribution in [1.82, 2.24) is 4.90 Å². The first-order valence-electron chi connectivity index (χ1n) is 7.68. The molecule has 0 radical (unpaired) electrons. The zero-order valence-corrected chi connectivity index (χ0v) is 13.9. The number of aryl methyl sites for hydroxylation is 2. The Hall–Kier alpha value is -1.57. The number of piperidine rings is 1. The van der Waals surface area contributed by atoms with E-state index in [0.29, 0.717) is 23.7 Å². The van der Waals surface area contributed by atoms with Gasteiger partial charge in [-0.3, -0.25) is 4.79 Å². The number of nitriles is 1. The fourth-order valence-electron chi connectivity index (χ4n) is 2.90. The zero-order valence-electron chi connectivity index (χ0n) is 13.2. The summed E-state index contributed by atoms with van der Waals surface area (Å²) in [6.45, 7) is 6.35. The van der Waals surface area contributed by atoms with Gasteiger partial charge in [-0.1, -0.05) is 17.7 Å². The van der Waals surface area contributed by atoms with E-state index >= 15 is 0 Å². The lowest BCUT2D eigenvalue weighted by Crippen LogP contribution is -2.36. The molecule has 2 rings (SSSR count). The molecule has 0 aromatic heterocycles. The summed E-state index contributed by atoms with van der Waals surface area (Å²) in [6.07, 6.45) is 2.42. The van der Waals surface area contributed by atoms with Gasteiger partial charge in [-0.25, -0.2) is 0 Å². The van der Waals surface area contributed by atoms with Crippen LogP contribution in [-0.2, 0) is 4.79 Å². The Morgan fingerprint density at radius 2 is 2.27 bits per heavy atom. The van der Waals surface area contributed by atoms with Crippen LogP contribution in [0.5, 0.6) is 0 Å². The third kappa shape index (κ3) is 4.46. The van der Waals surface area contributed by atoms with E-state index in [2.05, 4.69) is 16.3 Å². The predicted octanol–water partition coefficient (Wildman–Crippen LogP) is 3.52. The molecule has 1 amide bonds. The standard InChI is InChI=1S/C17H22ClN3O/c1-12-8-13(2)17(15(18)9-12)20-16(22)5-7-21-6-3-4-14(10-19)11-21/h8-9,14H,3-7,11H2,1-2H3,(H,20,22). The summed E-state index contributed by atoms with van der Waals surface area (Å²) >= 11 is 6.20. The molecule has 1 aliphatic rings. The van der Waals surface area contributed by atoms with E-state index in [-0.39, 0.29) is 11.8 Å². The Kier molecular flexibility index (Phi) is 5.82. The molecular weight excluding hydrogens is 298 g/mol. The number of carbonyl (C=O) groups is 1. The van der Waals surface area contributed by atoms with Crippen LogP contribution in [-0.4, -0.2) is 30.4 Å². The van der Waals surface area contributed by atoms with Crippen molar-refractivity contribution >= 4 is 23.2 Å². The molecule has 118 valence electrons. The summed E-state index contributed by atoms with van der Waals surface area (Å²) in [7, 11) is 0. The van der Waals surface area contributed by atoms with Gasteiger partial charge in [0.2, 0.25) is 5.91 Å². The highest BCUT2D eigenvalue weighted by Gasteiger charge is 2.20. The average molecular weight is 320 g/mol. The van der Waals surface area contributed by atoms with Gasteiger partial charge in [0.05, 0.1) is 22.7 Å². The maximum atomic E-state index is 12.1. The predicted molar refractivity (Wildman–Crippen MR) is 88.9 cm³/mol. The molecule has 1 aromatic rings. The molecule has 0 bridgehead atoms. The van der Waals surface area contributed by atoms with Crippen molar-refractivity contribution in [2.45, 2.75) is 33.1 Å². The molecule has 1 atom stereocenters. The SMILES string of the molecule is Cc1cc(C)c(NC(=O)CCN2CCCC(C#N)C2)c(Cl)c1. The number of nitrogens with one attached hydrogen (secondary N) is 1. The van der Waals surface area contributed by atoms with Crippen LogP contribution in [0.2, 0.25) is 5.02 Å². The highest BCUT2D eigenvalue weighted by Crippen LogP contribution is 2.27. The van der Waals surface area contributed by atoms with Gasteiger partial charge < -0.3 is 10.2 Å². The first-order chi connectivity index (χ1) is 10.5. The van der Waals surface area contributed by atoms with Crippen LogP contribution in [0.25, 0.3) is 0 Å². The quantitative estimate of drug-likeness (QED) is 0.923. The maximum absolute atomic E-state index is 12.1. The molecule has 0 aliphatic carbocycles. The van der Waals surface area contributed by atoms with Crippen LogP contribution in [0, 0.1) is 31.1 Å². The molecule has 1 aliphatic heterocycles. The number of hydrogen-bond donors (Lipinski definition) is 1. The van der Waals surface area contributed by atoms with Crippen molar-refractivity contribution in [3.63, 3.8) is 0 Å². The summed E-state index contributed by atoms with van der Waals surface area (Å²) in [6, 6.07) is 6.18. The molecule has 5 heteroatoms. The van der Waals surface area contributed by atoms with E-state index in [1.54, 1.807) is 0 Å². The number of hydrogen-bond acceptors (Lipinski definition) is 3. The number of halogens is 1. The van der Waals surface area contributed by atoms with Crippen LogP contribution in [0.3, 0.4) is 0 Å². The Morgan fingerprint density at radius 3 is 2.95 bits per heavy atom. The van der Waals surface area contributed by atoms with Gasteiger partial charge in [-0.2, -0.15) is 5.26 Å². The van der Waals surface area contributed by atoms with Crippen LogP contribution in [0.15, 0.2) is 12.1 Å². The summed E-state index contributed by atoms with van der Waals surface area (Å²) in [4.78, 5) is 14.3. The van der Waals surface area contributed by atoms with E-state index in [1.807, 2.05) is 26.0 Å². The number of anilines is 1. The molecule has 22 heavy (non-hydrogen) atoms. The van der Waals surface area contributed by atoms with Crippen LogP contribution >= 0.6 is 11.6 Å². The van der Waals surface area contributed by atoms with Crippen LogP contribution in [0.4, 0.5) is 5.69 Å². The van der Waals surface area contributed by atoms with Gasteiger partial charge in [0.1, 0.15) is 0 Å². The first kappa shape index (κ1) is 16.8. The molecule has 1 heterocycles. The minimum Gasteiger partial charge on any atom is -0.325 e. The Morgan fingerprint density at radius 1 is 1.50 bits per heavy atom. The summed E-state index contributed by atoms with van der Waals surface area (Å²) in [5.41, 5.74) is 2.75. The van der Waals surface area contributed by atoms with Gasteiger partial charge in [0.15, 0.2) is 0 Å². The lowest BCUT2D eigenvalue weighted by molar-refractivity contribution is -0.116. The monoisotopic (exact) mass is 319 g/mol. The van der Waals surface area contributed by atoms with Crippen molar-refractivity contribution in [2.75, 3.05) is 25.0 Å². The van der Waals surface area contributed by atoms with Crippen molar-refractivity contribution < 1.29 is 4.79 Å². The highest BCUT2D eigenvalue weighted by atomic mass is 35.5. The second-order valence-corrected chi connectivity index (χ2v) is 6.41. The molecule has 0 saturated carbocycles. The van der Waals surface area contributed by atoms with Gasteiger partial charge in [0.25, 0.3) is 0 Å². The van der Waals surface area contributed by atoms with Gasteiger partial charge in [0, 0.05) is 19.5 Å². The summed E-state index contributed by atoms with van der Waals surface area (Å²) in [5, 5.41) is 12.5. The Bertz CT molecular complexity index is 571. The topological polar surface area (TPSA) is 56.1 Å². The zero-order chi connectivity index (χ0) is 16.1. The van der Waals surface area contributed by atoms with E-state index in [0.717, 1.165) is 37.1 Å². The van der Waals surface area contributed by atoms with Gasteiger partial charge in [-0.05, 0) is 50.4 Å². The van der Waals surface area contributed by atoms with Crippen molar-refractivity contribution in [3.05, 3.63) is 28.3 Å². The second kappa shape index (κ2) is 7.62. The number of nitrogens with zero attached hydrogens (tertiary/aromatic N) is 2. The Labute approximate surface area is 137 Å². The molecule has 1 unspecified atom stereocenters. The van der Waals surface area contributed by atoms with Crippen molar-refractivity contribution in [3.8, 4) is 6.07 Å². The van der Waals surface area contributed by atoms with Crippen molar-refractivity contribution in [2.24, 2.45) is 5.92 Å². The van der Waals surface area contributed by atoms with Gasteiger partial charge >= 0.3 is 0 Å². The third-order valence-electron chi connectivity index (χ3n) is 4.04. The molecule has 0 spiro atoms. The normalized spacial score (nSPS) is 18.7. The summed E-state index contributed by atoms with van der Waals surface area (Å²) < 4.78 is 0. The molecule has 1 saturated heterocycles. The lowest BCUT2D eigenvalue weighted by Gasteiger charge is -2.29. The van der Waals surface area contributed by atoms with Crippen molar-refractivity contribution in [1.29, 1.82) is 5.26 Å². The molecule has 1 N–H and O–H groups in total. The fourth-order valence-corrected chi connectivity index (χ4v) is 3.27. The lowest BCUT2D eigenvalue weighted by atomic mass is 10.00. The van der Waals surface area contributed by atoms with Crippen LogP contribution < -0.4 is 5.32 Å². The average Bonchev–Trinajstić information content (AvgIpc) is 2.49. The number of benzene rings is 1. The number of rotatable bonds is 4. The summed E-state index contributed by atoms with van der Waals surface area (Å²) in [5.74, 6) is 0.0681. The number of likely N-dealkylation sites (tertiary alicyclic amines) is 1. The minimum atomic E-state index is -0.0343. The van der Waals surface area contributed by atoms with E-state index < -0.39 is 0 Å². The van der Waals surface area contributed by atoms with Crippen LogP contribution in [0.1, 0.15) is 30.4 Å². The van der Waals surface area contributed by atoms with E-state index in [9.17, 15) is 4.79 Å².